The van der Waals surface area contributed by atoms with Crippen LogP contribution in [0.15, 0.2) is 231 Å². The molecule has 0 N–H and O–H groups in total. The Labute approximate surface area is 359 Å². The number of hydrogen-bond acceptors (Lipinski definition) is 0. The molecule has 0 saturated heterocycles. The Morgan fingerprint density at radius 2 is 0.371 bits per heavy atom. The molecule has 0 fully saturated rings. The van der Waals surface area contributed by atoms with E-state index in [1.165, 1.54) is 131 Å². The minimum Gasteiger partial charge on any atom is -0.0616 e. The van der Waals surface area contributed by atoms with Crippen LogP contribution >= 0.6 is 0 Å². The first kappa shape index (κ1) is 34.8. The van der Waals surface area contributed by atoms with Crippen LogP contribution in [0.2, 0.25) is 0 Å². The molecule has 0 aromatic heterocycles. The maximum absolute atomic E-state index is 2.40. The van der Waals surface area contributed by atoms with E-state index in [-0.39, 0.29) is 0 Å². The van der Waals surface area contributed by atoms with Crippen molar-refractivity contribution in [3.8, 4) is 44.5 Å². The first-order valence-corrected chi connectivity index (χ1v) is 21.6. The average molecular weight is 783 g/mol. The van der Waals surface area contributed by atoms with Gasteiger partial charge in [0.1, 0.15) is 0 Å². The van der Waals surface area contributed by atoms with E-state index in [0.717, 1.165) is 0 Å². The van der Waals surface area contributed by atoms with Crippen molar-refractivity contribution in [3.63, 3.8) is 0 Å². The largest absolute Gasteiger partial charge is 0.0616 e. The van der Waals surface area contributed by atoms with E-state index in [1.807, 2.05) is 0 Å². The van der Waals surface area contributed by atoms with Gasteiger partial charge in [-0.3, -0.25) is 0 Å². The number of hydrogen-bond donors (Lipinski definition) is 0. The highest BCUT2D eigenvalue weighted by Gasteiger charge is 2.23. The van der Waals surface area contributed by atoms with E-state index in [1.54, 1.807) is 0 Å². The molecule has 0 aliphatic carbocycles. The Hall–Kier alpha value is -8.06. The molecule has 0 spiro atoms. The van der Waals surface area contributed by atoms with E-state index >= 15 is 0 Å². The van der Waals surface area contributed by atoms with Gasteiger partial charge in [0.15, 0.2) is 0 Å². The van der Waals surface area contributed by atoms with Crippen molar-refractivity contribution in [2.75, 3.05) is 0 Å². The lowest BCUT2D eigenvalue weighted by Gasteiger charge is -2.22. The maximum atomic E-state index is 2.40. The van der Waals surface area contributed by atoms with Crippen LogP contribution in [-0.2, 0) is 0 Å². The van der Waals surface area contributed by atoms with E-state index in [0.29, 0.717) is 0 Å². The summed E-state index contributed by atoms with van der Waals surface area (Å²) in [6, 6.07) is 85.8. The summed E-state index contributed by atoms with van der Waals surface area (Å²) in [5, 5.41) is 20.2. The van der Waals surface area contributed by atoms with E-state index < -0.39 is 0 Å². The Morgan fingerprint density at radius 1 is 0.145 bits per heavy atom. The van der Waals surface area contributed by atoms with Crippen LogP contribution in [0.1, 0.15) is 0 Å². The van der Waals surface area contributed by atoms with Crippen LogP contribution in [-0.4, -0.2) is 0 Å². The highest BCUT2D eigenvalue weighted by atomic mass is 14.3. The number of rotatable bonds is 4. The smallest absolute Gasteiger partial charge is 0.00139 e. The van der Waals surface area contributed by atoms with Crippen molar-refractivity contribution < 1.29 is 0 Å². The fraction of sp³-hybridized carbons (Fsp3) is 0. The maximum Gasteiger partial charge on any atom is -0.00139 e. The summed E-state index contributed by atoms with van der Waals surface area (Å²) < 4.78 is 0. The van der Waals surface area contributed by atoms with Crippen molar-refractivity contribution >= 4 is 86.2 Å². The fourth-order valence-electron chi connectivity index (χ4n) is 10.8. The summed E-state index contributed by atoms with van der Waals surface area (Å²) in [5.74, 6) is 0. The summed E-state index contributed by atoms with van der Waals surface area (Å²) in [6.45, 7) is 0. The average Bonchev–Trinajstić information content (AvgIpc) is 3.35. The van der Waals surface area contributed by atoms with Crippen molar-refractivity contribution in [1.82, 2.24) is 0 Å². The third-order valence-electron chi connectivity index (χ3n) is 13.4. The predicted octanol–water partition coefficient (Wildman–Crippen LogP) is 17.6. The lowest BCUT2D eigenvalue weighted by Crippen LogP contribution is -1.95. The topological polar surface area (TPSA) is 0 Å². The first-order chi connectivity index (χ1) is 30.8. The molecule has 13 aromatic rings. The molecule has 13 rings (SSSR count). The normalized spacial score (nSPS) is 11.9. The van der Waals surface area contributed by atoms with Gasteiger partial charge in [-0.1, -0.05) is 218 Å². The molecule has 286 valence electrons. The fourth-order valence-corrected chi connectivity index (χ4v) is 10.8. The second-order valence-corrected chi connectivity index (χ2v) is 16.6. The van der Waals surface area contributed by atoms with Crippen LogP contribution in [0.3, 0.4) is 0 Å². The lowest BCUT2D eigenvalue weighted by atomic mass is 9.80. The van der Waals surface area contributed by atoms with Gasteiger partial charge in [-0.25, -0.2) is 0 Å². The summed E-state index contributed by atoms with van der Waals surface area (Å²) in [6.07, 6.45) is 0. The molecule has 0 radical (unpaired) electrons. The SMILES string of the molecule is c1ccc2c(c1)cc(-c1ccc(-c3c(-c4ccc(-c5cc6ccccc6c6ccccc56)c5ccccc45)c4ccccc4c4ccccc34)c3ccccc13)c1ccccc12. The standard InChI is InChI=1S/C62H38/c1-3-19-41-39(17-1)37-59(51-29-11-5-21-43(41)51)53-33-35-57(47-25-9-7-23-45(47)53)61-55-31-15-13-27-49(55)50-28-14-16-32-56(50)62(61)58-36-34-54(46-24-8-10-26-48(46)58)60-38-40-18-2-4-20-42(40)44-22-6-12-30-52(44)60/h1-38H. The zero-order chi connectivity index (χ0) is 40.7. The van der Waals surface area contributed by atoms with Gasteiger partial charge in [0, 0.05) is 0 Å². The predicted molar refractivity (Wildman–Crippen MR) is 268 cm³/mol. The van der Waals surface area contributed by atoms with Gasteiger partial charge in [-0.2, -0.15) is 0 Å². The summed E-state index contributed by atoms with van der Waals surface area (Å²) in [5.41, 5.74) is 10.0. The van der Waals surface area contributed by atoms with Gasteiger partial charge in [-0.05, 0) is 143 Å². The third kappa shape index (κ3) is 5.14. The van der Waals surface area contributed by atoms with Crippen LogP contribution in [0, 0.1) is 0 Å². The van der Waals surface area contributed by atoms with Gasteiger partial charge < -0.3 is 0 Å². The van der Waals surface area contributed by atoms with Crippen molar-refractivity contribution in [2.45, 2.75) is 0 Å². The van der Waals surface area contributed by atoms with Crippen LogP contribution in [0.5, 0.6) is 0 Å². The molecular weight excluding hydrogens is 745 g/mol. The van der Waals surface area contributed by atoms with Crippen LogP contribution in [0.4, 0.5) is 0 Å². The third-order valence-corrected chi connectivity index (χ3v) is 13.4. The molecule has 13 aromatic carbocycles. The number of benzene rings is 13. The molecule has 0 nitrogen and oxygen atoms in total. The van der Waals surface area contributed by atoms with Crippen LogP contribution < -0.4 is 0 Å². The second kappa shape index (κ2) is 13.7. The van der Waals surface area contributed by atoms with Crippen molar-refractivity contribution in [2.24, 2.45) is 0 Å². The van der Waals surface area contributed by atoms with Crippen molar-refractivity contribution in [3.05, 3.63) is 231 Å². The molecule has 0 bridgehead atoms. The highest BCUT2D eigenvalue weighted by molar-refractivity contribution is 6.27. The highest BCUT2D eigenvalue weighted by Crippen LogP contribution is 2.50. The molecule has 0 aliphatic heterocycles. The molecule has 62 heavy (non-hydrogen) atoms. The lowest BCUT2D eigenvalue weighted by molar-refractivity contribution is 1.65. The summed E-state index contributed by atoms with van der Waals surface area (Å²) in [4.78, 5) is 0. The summed E-state index contributed by atoms with van der Waals surface area (Å²) in [7, 11) is 0. The van der Waals surface area contributed by atoms with E-state index in [4.69, 9.17) is 0 Å². The zero-order valence-corrected chi connectivity index (χ0v) is 33.9. The quantitative estimate of drug-likeness (QED) is 0.156. The molecule has 0 aliphatic rings. The Bertz CT molecular complexity index is 3720. The van der Waals surface area contributed by atoms with E-state index in [9.17, 15) is 0 Å². The molecule has 0 heterocycles. The molecule has 0 atom stereocenters. The monoisotopic (exact) mass is 782 g/mol. The Balaban J connectivity index is 1.13. The van der Waals surface area contributed by atoms with E-state index in [2.05, 4.69) is 231 Å². The Morgan fingerprint density at radius 3 is 0.726 bits per heavy atom. The molecule has 0 unspecified atom stereocenters. The molecule has 0 saturated carbocycles. The number of fused-ring (bicyclic) bond motifs is 11. The molecule has 0 heteroatoms. The second-order valence-electron chi connectivity index (χ2n) is 16.6. The van der Waals surface area contributed by atoms with Crippen molar-refractivity contribution in [1.29, 1.82) is 0 Å². The minimum atomic E-state index is 1.24. The van der Waals surface area contributed by atoms with Gasteiger partial charge in [-0.15, -0.1) is 0 Å². The van der Waals surface area contributed by atoms with Gasteiger partial charge in [0.25, 0.3) is 0 Å². The molecule has 0 amide bonds. The first-order valence-electron chi connectivity index (χ1n) is 21.6. The summed E-state index contributed by atoms with van der Waals surface area (Å²) >= 11 is 0. The van der Waals surface area contributed by atoms with Crippen LogP contribution in [0.25, 0.3) is 131 Å². The van der Waals surface area contributed by atoms with Gasteiger partial charge in [0.05, 0.1) is 0 Å². The molecular formula is C62H38. The minimum absolute atomic E-state index is 1.24. The Kier molecular flexibility index (Phi) is 7.71. The van der Waals surface area contributed by atoms with Gasteiger partial charge in [0.2, 0.25) is 0 Å². The van der Waals surface area contributed by atoms with Gasteiger partial charge >= 0.3 is 0 Å². The zero-order valence-electron chi connectivity index (χ0n) is 33.9.